The number of carbonyl (C=O) groups excluding carboxylic acids is 1. The van der Waals surface area contributed by atoms with E-state index in [4.69, 9.17) is 0 Å². The molecule has 0 bridgehead atoms. The van der Waals surface area contributed by atoms with Crippen LogP contribution in [0.1, 0.15) is 13.8 Å². The van der Waals surface area contributed by atoms with Crippen molar-refractivity contribution in [3.8, 4) is 0 Å². The summed E-state index contributed by atoms with van der Waals surface area (Å²) in [5, 5.41) is 0. The Morgan fingerprint density at radius 3 is 2.18 bits per heavy atom. The standard InChI is InChI=1S/C6H12O4S/c1-5(2)6(7)10-4-11(3,8)9/h5H,4H2,1-3H3. The second kappa shape index (κ2) is 3.71. The van der Waals surface area contributed by atoms with Crippen LogP contribution in [0, 0.1) is 5.92 Å². The smallest absolute Gasteiger partial charge is 0.309 e. The zero-order valence-electron chi connectivity index (χ0n) is 6.83. The molecule has 0 saturated heterocycles. The zero-order valence-corrected chi connectivity index (χ0v) is 7.64. The van der Waals surface area contributed by atoms with E-state index in [0.29, 0.717) is 0 Å². The fourth-order valence-corrected chi connectivity index (χ4v) is 0.662. The quantitative estimate of drug-likeness (QED) is 0.581. The Kier molecular flexibility index (Phi) is 3.51. The van der Waals surface area contributed by atoms with Crippen LogP contribution in [0.15, 0.2) is 0 Å². The highest BCUT2D eigenvalue weighted by Gasteiger charge is 2.11. The van der Waals surface area contributed by atoms with Gasteiger partial charge in [0, 0.05) is 6.26 Å². The van der Waals surface area contributed by atoms with Crippen molar-refractivity contribution in [2.75, 3.05) is 12.2 Å². The van der Waals surface area contributed by atoms with Crippen molar-refractivity contribution in [2.24, 2.45) is 5.92 Å². The highest BCUT2D eigenvalue weighted by atomic mass is 32.2. The molecule has 0 radical (unpaired) electrons. The van der Waals surface area contributed by atoms with E-state index in [2.05, 4.69) is 4.74 Å². The van der Waals surface area contributed by atoms with Crippen LogP contribution in [-0.4, -0.2) is 26.6 Å². The van der Waals surface area contributed by atoms with E-state index in [9.17, 15) is 13.2 Å². The van der Waals surface area contributed by atoms with Gasteiger partial charge in [0.05, 0.1) is 5.92 Å². The fourth-order valence-electron chi connectivity index (χ4n) is 0.332. The molecule has 0 heterocycles. The summed E-state index contributed by atoms with van der Waals surface area (Å²) in [7, 11) is -3.20. The largest absolute Gasteiger partial charge is 0.449 e. The summed E-state index contributed by atoms with van der Waals surface area (Å²) in [6.07, 6.45) is 1.01. The second-order valence-corrected chi connectivity index (χ2v) is 4.75. The molecule has 0 rings (SSSR count). The van der Waals surface area contributed by atoms with Gasteiger partial charge in [0.2, 0.25) is 0 Å². The topological polar surface area (TPSA) is 60.4 Å². The molecular formula is C6H12O4S. The van der Waals surface area contributed by atoms with Crippen molar-refractivity contribution in [3.63, 3.8) is 0 Å². The van der Waals surface area contributed by atoms with E-state index in [1.165, 1.54) is 0 Å². The van der Waals surface area contributed by atoms with Crippen LogP contribution in [0.3, 0.4) is 0 Å². The molecule has 0 atom stereocenters. The van der Waals surface area contributed by atoms with Gasteiger partial charge in [0.25, 0.3) is 0 Å². The van der Waals surface area contributed by atoms with Gasteiger partial charge >= 0.3 is 5.97 Å². The van der Waals surface area contributed by atoms with E-state index < -0.39 is 21.7 Å². The van der Waals surface area contributed by atoms with Crippen molar-refractivity contribution in [1.29, 1.82) is 0 Å². The van der Waals surface area contributed by atoms with Crippen molar-refractivity contribution in [3.05, 3.63) is 0 Å². The molecule has 0 saturated carbocycles. The maximum absolute atomic E-state index is 10.7. The molecule has 66 valence electrons. The summed E-state index contributed by atoms with van der Waals surface area (Å²) in [4.78, 5) is 10.7. The van der Waals surface area contributed by atoms with Crippen LogP contribution in [0.4, 0.5) is 0 Å². The van der Waals surface area contributed by atoms with Crippen LogP contribution in [-0.2, 0) is 19.4 Å². The second-order valence-electron chi connectivity index (χ2n) is 2.66. The third-order valence-electron chi connectivity index (χ3n) is 0.887. The summed E-state index contributed by atoms with van der Waals surface area (Å²) in [5.41, 5.74) is 0. The molecule has 0 spiro atoms. The van der Waals surface area contributed by atoms with Crippen molar-refractivity contribution < 1.29 is 17.9 Å². The number of hydrogen-bond donors (Lipinski definition) is 0. The average Bonchev–Trinajstić information content (AvgIpc) is 1.80. The highest BCUT2D eigenvalue weighted by molar-refractivity contribution is 7.90. The lowest BCUT2D eigenvalue weighted by molar-refractivity contribution is -0.145. The van der Waals surface area contributed by atoms with Gasteiger partial charge in [0.15, 0.2) is 15.8 Å². The van der Waals surface area contributed by atoms with Gasteiger partial charge in [-0.15, -0.1) is 0 Å². The van der Waals surface area contributed by atoms with Gasteiger partial charge < -0.3 is 4.74 Å². The third-order valence-corrected chi connectivity index (χ3v) is 1.43. The van der Waals surface area contributed by atoms with Gasteiger partial charge in [-0.3, -0.25) is 4.79 Å². The van der Waals surface area contributed by atoms with Crippen LogP contribution >= 0.6 is 0 Å². The lowest BCUT2D eigenvalue weighted by Gasteiger charge is -2.04. The van der Waals surface area contributed by atoms with Crippen molar-refractivity contribution >= 4 is 15.8 Å². The molecule has 4 nitrogen and oxygen atoms in total. The Balaban J connectivity index is 3.83. The molecule has 0 unspecified atom stereocenters. The summed E-state index contributed by atoms with van der Waals surface area (Å²) >= 11 is 0. The minimum absolute atomic E-state index is 0.281. The molecule has 0 fully saturated rings. The van der Waals surface area contributed by atoms with E-state index >= 15 is 0 Å². The maximum Gasteiger partial charge on any atom is 0.309 e. The van der Waals surface area contributed by atoms with E-state index in [1.54, 1.807) is 13.8 Å². The molecule has 0 aromatic rings. The van der Waals surface area contributed by atoms with Crippen LogP contribution in [0.5, 0.6) is 0 Å². The first-order valence-electron chi connectivity index (χ1n) is 3.17. The number of sulfone groups is 1. The maximum atomic E-state index is 10.7. The predicted octanol–water partition coefficient (Wildman–Crippen LogP) is 0.188. The minimum atomic E-state index is -3.20. The number of ether oxygens (including phenoxy) is 1. The molecule has 0 amide bonds. The fraction of sp³-hybridized carbons (Fsp3) is 0.833. The zero-order chi connectivity index (χ0) is 9.07. The summed E-state index contributed by atoms with van der Waals surface area (Å²) in [6.45, 7) is 3.29. The van der Waals surface area contributed by atoms with Gasteiger partial charge in [-0.2, -0.15) is 0 Å². The lowest BCUT2D eigenvalue weighted by Crippen LogP contribution is -2.16. The summed E-state index contributed by atoms with van der Waals surface area (Å²) < 4.78 is 25.4. The molecule has 0 aliphatic rings. The number of rotatable bonds is 3. The molecule has 11 heavy (non-hydrogen) atoms. The normalized spacial score (nSPS) is 11.6. The Hall–Kier alpha value is -0.580. The van der Waals surface area contributed by atoms with Crippen molar-refractivity contribution in [2.45, 2.75) is 13.8 Å². The molecular weight excluding hydrogens is 168 g/mol. The summed E-state index contributed by atoms with van der Waals surface area (Å²) in [5.74, 6) is -1.29. The van der Waals surface area contributed by atoms with Crippen molar-refractivity contribution in [1.82, 2.24) is 0 Å². The first-order chi connectivity index (χ1) is 4.83. The first-order valence-corrected chi connectivity index (χ1v) is 5.23. The van der Waals surface area contributed by atoms with Gasteiger partial charge in [0.1, 0.15) is 0 Å². The lowest BCUT2D eigenvalue weighted by atomic mass is 10.2. The Morgan fingerprint density at radius 1 is 1.45 bits per heavy atom. The predicted molar refractivity (Wildman–Crippen MR) is 40.6 cm³/mol. The van der Waals surface area contributed by atoms with E-state index in [-0.39, 0.29) is 5.92 Å². The Morgan fingerprint density at radius 2 is 1.91 bits per heavy atom. The minimum Gasteiger partial charge on any atom is -0.449 e. The summed E-state index contributed by atoms with van der Waals surface area (Å²) in [6, 6.07) is 0. The molecule has 0 aromatic carbocycles. The molecule has 5 heteroatoms. The van der Waals surface area contributed by atoms with Gasteiger partial charge in [-0.1, -0.05) is 13.8 Å². The third kappa shape index (κ3) is 5.84. The highest BCUT2D eigenvalue weighted by Crippen LogP contribution is 1.96. The molecule has 0 N–H and O–H groups in total. The van der Waals surface area contributed by atoms with Gasteiger partial charge in [-0.25, -0.2) is 8.42 Å². The SMILES string of the molecule is CC(C)C(=O)OCS(C)(=O)=O. The molecule has 0 aliphatic heterocycles. The molecule has 0 aliphatic carbocycles. The van der Waals surface area contributed by atoms with Crippen LogP contribution in [0.2, 0.25) is 0 Å². The van der Waals surface area contributed by atoms with Gasteiger partial charge in [-0.05, 0) is 0 Å². The molecule has 0 aromatic heterocycles. The number of esters is 1. The Bertz CT molecular complexity index is 227. The monoisotopic (exact) mass is 180 g/mol. The Labute approximate surface area is 66.5 Å². The van der Waals surface area contributed by atoms with Crippen LogP contribution < -0.4 is 0 Å². The van der Waals surface area contributed by atoms with E-state index in [1.807, 2.05) is 0 Å². The van der Waals surface area contributed by atoms with E-state index in [0.717, 1.165) is 6.26 Å². The number of carbonyl (C=O) groups is 1. The average molecular weight is 180 g/mol. The number of hydrogen-bond acceptors (Lipinski definition) is 4. The first kappa shape index (κ1) is 10.4. The van der Waals surface area contributed by atoms with Crippen LogP contribution in [0.25, 0.3) is 0 Å².